The van der Waals surface area contributed by atoms with Crippen molar-refractivity contribution in [3.63, 3.8) is 0 Å². The fourth-order valence-electron chi connectivity index (χ4n) is 2.28. The monoisotopic (exact) mass is 205 g/mol. The van der Waals surface area contributed by atoms with E-state index < -0.39 is 0 Å². The summed E-state index contributed by atoms with van der Waals surface area (Å²) in [5, 5.41) is 3.46. The minimum Gasteiger partial charge on any atom is -0.454 e. The molecule has 1 aromatic rings. The van der Waals surface area contributed by atoms with Crippen LogP contribution in [-0.4, -0.2) is 13.3 Å². The van der Waals surface area contributed by atoms with Crippen molar-refractivity contribution in [3.05, 3.63) is 23.8 Å². The van der Waals surface area contributed by atoms with Crippen molar-refractivity contribution in [2.45, 2.75) is 19.4 Å². The summed E-state index contributed by atoms with van der Waals surface area (Å²) in [5.41, 5.74) is 1.32. The number of fused-ring (bicyclic) bond motifs is 1. The predicted molar refractivity (Wildman–Crippen MR) is 57.1 cm³/mol. The normalized spacial score (nSPS) is 27.5. The lowest BCUT2D eigenvalue weighted by Crippen LogP contribution is -2.45. The zero-order valence-electron chi connectivity index (χ0n) is 8.82. The Hall–Kier alpha value is -1.22. The first kappa shape index (κ1) is 9.04. The van der Waals surface area contributed by atoms with Crippen LogP contribution in [0.25, 0.3) is 0 Å². The number of hydrogen-bond donors (Lipinski definition) is 1. The second kappa shape index (κ2) is 3.42. The first-order valence-electron chi connectivity index (χ1n) is 5.51. The third-order valence-electron chi connectivity index (χ3n) is 3.35. The van der Waals surface area contributed by atoms with Gasteiger partial charge in [-0.3, -0.25) is 0 Å². The van der Waals surface area contributed by atoms with E-state index in [1.807, 2.05) is 6.07 Å². The van der Waals surface area contributed by atoms with E-state index in [1.165, 1.54) is 12.0 Å². The van der Waals surface area contributed by atoms with E-state index in [-0.39, 0.29) is 0 Å². The molecule has 0 aliphatic carbocycles. The SMILES string of the molecule is CCC1CNC1c1ccc2c(c1)OCO2. The molecule has 3 rings (SSSR count). The molecule has 0 amide bonds. The molecule has 0 saturated carbocycles. The molecule has 0 bridgehead atoms. The van der Waals surface area contributed by atoms with Gasteiger partial charge in [-0.1, -0.05) is 19.4 Å². The number of hydrogen-bond acceptors (Lipinski definition) is 3. The van der Waals surface area contributed by atoms with E-state index in [0.717, 1.165) is 24.0 Å². The molecule has 2 aliphatic heterocycles. The molecule has 80 valence electrons. The average molecular weight is 205 g/mol. The molecule has 1 fully saturated rings. The lowest BCUT2D eigenvalue weighted by Gasteiger charge is -2.38. The Bertz CT molecular complexity index is 376. The first-order valence-corrected chi connectivity index (χ1v) is 5.51. The van der Waals surface area contributed by atoms with Crippen LogP contribution in [0.15, 0.2) is 18.2 Å². The largest absolute Gasteiger partial charge is 0.454 e. The van der Waals surface area contributed by atoms with Crippen LogP contribution < -0.4 is 14.8 Å². The lowest BCUT2D eigenvalue weighted by atomic mass is 9.84. The third kappa shape index (κ3) is 1.38. The summed E-state index contributed by atoms with van der Waals surface area (Å²) in [6.07, 6.45) is 1.23. The molecule has 1 N–H and O–H groups in total. The van der Waals surface area contributed by atoms with Gasteiger partial charge >= 0.3 is 0 Å². The van der Waals surface area contributed by atoms with Crippen LogP contribution in [0.4, 0.5) is 0 Å². The van der Waals surface area contributed by atoms with Crippen molar-refractivity contribution in [2.75, 3.05) is 13.3 Å². The van der Waals surface area contributed by atoms with Crippen molar-refractivity contribution >= 4 is 0 Å². The van der Waals surface area contributed by atoms with Gasteiger partial charge in [-0.05, 0) is 23.6 Å². The molecule has 0 spiro atoms. The highest BCUT2D eigenvalue weighted by Gasteiger charge is 2.30. The van der Waals surface area contributed by atoms with Gasteiger partial charge in [0.15, 0.2) is 11.5 Å². The van der Waals surface area contributed by atoms with Crippen LogP contribution in [0.1, 0.15) is 24.9 Å². The van der Waals surface area contributed by atoms with Gasteiger partial charge in [-0.15, -0.1) is 0 Å². The maximum absolute atomic E-state index is 5.38. The Morgan fingerprint density at radius 1 is 1.33 bits per heavy atom. The highest BCUT2D eigenvalue weighted by Crippen LogP contribution is 2.38. The lowest BCUT2D eigenvalue weighted by molar-refractivity contribution is 0.173. The highest BCUT2D eigenvalue weighted by atomic mass is 16.7. The van der Waals surface area contributed by atoms with E-state index in [9.17, 15) is 0 Å². The summed E-state index contributed by atoms with van der Waals surface area (Å²) >= 11 is 0. The molecular weight excluding hydrogens is 190 g/mol. The molecule has 3 heteroatoms. The predicted octanol–water partition coefficient (Wildman–Crippen LogP) is 2.09. The highest BCUT2D eigenvalue weighted by molar-refractivity contribution is 5.45. The maximum Gasteiger partial charge on any atom is 0.231 e. The number of ether oxygens (including phenoxy) is 2. The minimum absolute atomic E-state index is 0.355. The third-order valence-corrected chi connectivity index (χ3v) is 3.35. The van der Waals surface area contributed by atoms with Crippen LogP contribution in [0, 0.1) is 5.92 Å². The molecule has 2 heterocycles. The molecule has 1 saturated heterocycles. The van der Waals surface area contributed by atoms with Gasteiger partial charge in [0.2, 0.25) is 6.79 Å². The van der Waals surface area contributed by atoms with Gasteiger partial charge in [0.25, 0.3) is 0 Å². The van der Waals surface area contributed by atoms with Gasteiger partial charge in [0.1, 0.15) is 0 Å². The summed E-state index contributed by atoms with van der Waals surface area (Å²) < 4.78 is 10.7. The quantitative estimate of drug-likeness (QED) is 0.802. The van der Waals surface area contributed by atoms with E-state index >= 15 is 0 Å². The van der Waals surface area contributed by atoms with E-state index in [0.29, 0.717) is 12.8 Å². The number of nitrogens with one attached hydrogen (secondary N) is 1. The van der Waals surface area contributed by atoms with Gasteiger partial charge in [-0.2, -0.15) is 0 Å². The molecule has 1 aromatic carbocycles. The van der Waals surface area contributed by atoms with Crippen molar-refractivity contribution in [3.8, 4) is 11.5 Å². The summed E-state index contributed by atoms with van der Waals surface area (Å²) in [6, 6.07) is 6.74. The zero-order valence-corrected chi connectivity index (χ0v) is 8.82. The maximum atomic E-state index is 5.38. The van der Waals surface area contributed by atoms with Gasteiger partial charge in [0.05, 0.1) is 0 Å². The van der Waals surface area contributed by atoms with Crippen molar-refractivity contribution < 1.29 is 9.47 Å². The van der Waals surface area contributed by atoms with Gasteiger partial charge < -0.3 is 14.8 Å². The Labute approximate surface area is 89.4 Å². The second-order valence-corrected chi connectivity index (χ2v) is 4.17. The van der Waals surface area contributed by atoms with Crippen molar-refractivity contribution in [1.82, 2.24) is 5.32 Å². The smallest absolute Gasteiger partial charge is 0.231 e. The molecule has 15 heavy (non-hydrogen) atoms. The molecule has 0 radical (unpaired) electrons. The summed E-state index contributed by atoms with van der Waals surface area (Å²) in [6.45, 7) is 3.73. The fourth-order valence-corrected chi connectivity index (χ4v) is 2.28. The van der Waals surface area contributed by atoms with E-state index in [2.05, 4.69) is 24.4 Å². The van der Waals surface area contributed by atoms with Gasteiger partial charge in [0, 0.05) is 12.6 Å². The number of rotatable bonds is 2. The molecule has 2 atom stereocenters. The Balaban J connectivity index is 1.87. The summed E-state index contributed by atoms with van der Waals surface area (Å²) in [5.74, 6) is 2.52. The minimum atomic E-state index is 0.355. The van der Waals surface area contributed by atoms with Crippen molar-refractivity contribution in [1.29, 1.82) is 0 Å². The van der Waals surface area contributed by atoms with Crippen LogP contribution >= 0.6 is 0 Å². The van der Waals surface area contributed by atoms with Crippen LogP contribution in [0.5, 0.6) is 11.5 Å². The molecule has 3 nitrogen and oxygen atoms in total. The second-order valence-electron chi connectivity index (χ2n) is 4.17. The Morgan fingerprint density at radius 2 is 2.20 bits per heavy atom. The average Bonchev–Trinajstić information content (AvgIpc) is 2.64. The Kier molecular flexibility index (Phi) is 2.06. The standard InChI is InChI=1S/C12H15NO2/c1-2-8-6-13-12(8)9-3-4-10-11(5-9)15-7-14-10/h3-5,8,12-13H,2,6-7H2,1H3. The van der Waals surface area contributed by atoms with Gasteiger partial charge in [-0.25, -0.2) is 0 Å². The van der Waals surface area contributed by atoms with E-state index in [1.54, 1.807) is 0 Å². The fraction of sp³-hybridized carbons (Fsp3) is 0.500. The topological polar surface area (TPSA) is 30.5 Å². The molecular formula is C12H15NO2. The molecule has 0 aromatic heterocycles. The van der Waals surface area contributed by atoms with Crippen LogP contribution in [-0.2, 0) is 0 Å². The number of benzene rings is 1. The first-order chi connectivity index (χ1) is 7.38. The van der Waals surface area contributed by atoms with Crippen LogP contribution in [0.3, 0.4) is 0 Å². The summed E-state index contributed by atoms with van der Waals surface area (Å²) in [4.78, 5) is 0. The van der Waals surface area contributed by atoms with E-state index in [4.69, 9.17) is 9.47 Å². The molecule has 2 unspecified atom stereocenters. The van der Waals surface area contributed by atoms with Crippen LogP contribution in [0.2, 0.25) is 0 Å². The Morgan fingerprint density at radius 3 is 2.93 bits per heavy atom. The zero-order chi connectivity index (χ0) is 10.3. The summed E-state index contributed by atoms with van der Waals surface area (Å²) in [7, 11) is 0. The molecule has 2 aliphatic rings. The van der Waals surface area contributed by atoms with Crippen molar-refractivity contribution in [2.24, 2.45) is 5.92 Å².